The van der Waals surface area contributed by atoms with Crippen LogP contribution >= 0.6 is 11.8 Å². The Labute approximate surface area is 183 Å². The highest BCUT2D eigenvalue weighted by Gasteiger charge is 2.21. The minimum Gasteiger partial charge on any atom is -0.324 e. The Kier molecular flexibility index (Phi) is 5.81. The molecule has 156 valence electrons. The quantitative estimate of drug-likeness (QED) is 0.365. The minimum atomic E-state index is -0.465. The van der Waals surface area contributed by atoms with E-state index in [0.29, 0.717) is 27.7 Å². The number of rotatable bonds is 6. The zero-order chi connectivity index (χ0) is 22.0. The van der Waals surface area contributed by atoms with Gasteiger partial charge >= 0.3 is 0 Å². The number of aryl methyl sites for hydroxylation is 2. The molecule has 2 aromatic carbocycles. The van der Waals surface area contributed by atoms with Crippen molar-refractivity contribution in [1.29, 1.82) is 0 Å². The van der Waals surface area contributed by atoms with Crippen molar-refractivity contribution < 1.29 is 9.59 Å². The van der Waals surface area contributed by atoms with Crippen LogP contribution in [-0.4, -0.2) is 36.5 Å². The summed E-state index contributed by atoms with van der Waals surface area (Å²) in [5.41, 5.74) is 3.30. The first kappa shape index (κ1) is 20.7. The minimum absolute atomic E-state index is 0.141. The second-order valence-corrected chi connectivity index (χ2v) is 8.45. The summed E-state index contributed by atoms with van der Waals surface area (Å²) in [5, 5.41) is 11.3. The van der Waals surface area contributed by atoms with Crippen molar-refractivity contribution in [1.82, 2.24) is 19.6 Å². The number of anilines is 1. The van der Waals surface area contributed by atoms with Crippen LogP contribution in [0, 0.1) is 13.8 Å². The van der Waals surface area contributed by atoms with Gasteiger partial charge in [-0.2, -0.15) is 0 Å². The molecular weight excluding hydrogens is 410 g/mol. The van der Waals surface area contributed by atoms with Gasteiger partial charge in [0.05, 0.1) is 10.9 Å². The number of ketones is 1. The van der Waals surface area contributed by atoms with Crippen LogP contribution in [-0.2, 0) is 4.79 Å². The van der Waals surface area contributed by atoms with Gasteiger partial charge in [-0.3, -0.25) is 14.0 Å². The predicted octanol–water partition coefficient (Wildman–Crippen LogP) is 4.09. The number of hydrogen-bond donors (Lipinski definition) is 1. The molecule has 0 saturated carbocycles. The van der Waals surface area contributed by atoms with E-state index in [1.807, 2.05) is 42.5 Å². The number of hydrogen-bond acceptors (Lipinski definition) is 6. The van der Waals surface area contributed by atoms with E-state index in [4.69, 9.17) is 0 Å². The molecule has 0 bridgehead atoms. The Hall–Kier alpha value is -3.52. The number of amides is 1. The molecule has 4 aromatic rings. The fraction of sp³-hybridized carbons (Fsp3) is 0.174. The molecule has 2 aromatic heterocycles. The third-order valence-corrected chi connectivity index (χ3v) is 5.82. The second kappa shape index (κ2) is 8.69. The Morgan fingerprint density at radius 1 is 1.00 bits per heavy atom. The van der Waals surface area contributed by atoms with Gasteiger partial charge in [0.15, 0.2) is 10.9 Å². The molecule has 1 atom stereocenters. The van der Waals surface area contributed by atoms with Crippen molar-refractivity contribution in [3.8, 4) is 0 Å². The summed E-state index contributed by atoms with van der Waals surface area (Å²) in [6, 6.07) is 18.0. The summed E-state index contributed by atoms with van der Waals surface area (Å²) in [7, 11) is 0. The topological polar surface area (TPSA) is 89.2 Å². The van der Waals surface area contributed by atoms with E-state index in [1.54, 1.807) is 43.3 Å². The highest BCUT2D eigenvalue weighted by molar-refractivity contribution is 8.00. The molecule has 0 aliphatic rings. The number of aromatic nitrogens is 4. The molecule has 0 fully saturated rings. The highest BCUT2D eigenvalue weighted by Crippen LogP contribution is 2.25. The lowest BCUT2D eigenvalue weighted by molar-refractivity contribution is -0.115. The monoisotopic (exact) mass is 431 g/mol. The van der Waals surface area contributed by atoms with Crippen molar-refractivity contribution in [2.75, 3.05) is 5.32 Å². The van der Waals surface area contributed by atoms with Crippen LogP contribution < -0.4 is 5.32 Å². The van der Waals surface area contributed by atoms with Crippen LogP contribution in [0.25, 0.3) is 5.78 Å². The first-order valence-corrected chi connectivity index (χ1v) is 10.7. The van der Waals surface area contributed by atoms with Gasteiger partial charge in [0.25, 0.3) is 5.78 Å². The Morgan fingerprint density at radius 2 is 1.71 bits per heavy atom. The summed E-state index contributed by atoms with van der Waals surface area (Å²) in [6.07, 6.45) is 0. The van der Waals surface area contributed by atoms with E-state index in [9.17, 15) is 9.59 Å². The molecule has 4 rings (SSSR count). The molecule has 1 N–H and O–H groups in total. The average Bonchev–Trinajstić information content (AvgIpc) is 3.16. The number of carbonyl (C=O) groups excluding carboxylic acids is 2. The standard InChI is InChI=1S/C23H21N5O2S/c1-14-13-15(2)28-22(24-14)26-27-23(28)31-16(3)21(30)25-19-12-8-7-11-18(19)20(29)17-9-5-4-6-10-17/h4-13,16H,1-3H3,(H,25,30)/t16-/m1/s1. The van der Waals surface area contributed by atoms with Gasteiger partial charge in [0.1, 0.15) is 0 Å². The molecular formula is C23H21N5O2S. The van der Waals surface area contributed by atoms with Crippen LogP contribution in [0.1, 0.15) is 34.2 Å². The maximum absolute atomic E-state index is 12.9. The number of nitrogens with zero attached hydrogens (tertiary/aromatic N) is 4. The lowest BCUT2D eigenvalue weighted by atomic mass is 10.0. The van der Waals surface area contributed by atoms with E-state index in [0.717, 1.165) is 11.4 Å². The normalized spacial score (nSPS) is 12.0. The van der Waals surface area contributed by atoms with Crippen molar-refractivity contribution in [3.63, 3.8) is 0 Å². The number of benzene rings is 2. The van der Waals surface area contributed by atoms with Crippen molar-refractivity contribution in [2.45, 2.75) is 31.2 Å². The highest BCUT2D eigenvalue weighted by atomic mass is 32.2. The second-order valence-electron chi connectivity index (χ2n) is 7.15. The van der Waals surface area contributed by atoms with Gasteiger partial charge in [-0.05, 0) is 39.0 Å². The zero-order valence-electron chi connectivity index (χ0n) is 17.4. The van der Waals surface area contributed by atoms with Gasteiger partial charge in [-0.15, -0.1) is 10.2 Å². The van der Waals surface area contributed by atoms with Crippen LogP contribution in [0.5, 0.6) is 0 Å². The third-order valence-electron chi connectivity index (χ3n) is 4.78. The number of nitrogens with one attached hydrogen (secondary N) is 1. The first-order chi connectivity index (χ1) is 14.9. The molecule has 0 saturated heterocycles. The summed E-state index contributed by atoms with van der Waals surface area (Å²) in [6.45, 7) is 5.64. The molecule has 0 aliphatic heterocycles. The molecule has 0 radical (unpaired) electrons. The van der Waals surface area contributed by atoms with Crippen molar-refractivity contribution in [3.05, 3.63) is 83.2 Å². The van der Waals surface area contributed by atoms with E-state index >= 15 is 0 Å². The lowest BCUT2D eigenvalue weighted by Crippen LogP contribution is -2.24. The van der Waals surface area contributed by atoms with Crippen LogP contribution in [0.3, 0.4) is 0 Å². The van der Waals surface area contributed by atoms with Gasteiger partial charge < -0.3 is 5.32 Å². The molecule has 7 nitrogen and oxygen atoms in total. The lowest BCUT2D eigenvalue weighted by Gasteiger charge is -2.14. The zero-order valence-corrected chi connectivity index (χ0v) is 18.2. The number of fused-ring (bicyclic) bond motifs is 1. The van der Waals surface area contributed by atoms with Crippen LogP contribution in [0.2, 0.25) is 0 Å². The predicted molar refractivity (Wildman–Crippen MR) is 121 cm³/mol. The molecule has 2 heterocycles. The van der Waals surface area contributed by atoms with Crippen LogP contribution in [0.15, 0.2) is 65.8 Å². The van der Waals surface area contributed by atoms with Gasteiger partial charge in [0, 0.05) is 22.5 Å². The van der Waals surface area contributed by atoms with E-state index in [2.05, 4.69) is 20.5 Å². The number of carbonyl (C=O) groups is 2. The molecule has 0 unspecified atom stereocenters. The fourth-order valence-corrected chi connectivity index (χ4v) is 4.16. The van der Waals surface area contributed by atoms with Crippen molar-refractivity contribution in [2.24, 2.45) is 0 Å². The average molecular weight is 432 g/mol. The summed E-state index contributed by atoms with van der Waals surface area (Å²) >= 11 is 1.29. The van der Waals surface area contributed by atoms with E-state index in [1.165, 1.54) is 11.8 Å². The fourth-order valence-electron chi connectivity index (χ4n) is 3.26. The maximum Gasteiger partial charge on any atom is 0.256 e. The number of thioether (sulfide) groups is 1. The molecule has 0 spiro atoms. The largest absolute Gasteiger partial charge is 0.324 e. The van der Waals surface area contributed by atoms with E-state index in [-0.39, 0.29) is 11.7 Å². The Bertz CT molecular complexity index is 1270. The Morgan fingerprint density at radius 3 is 2.48 bits per heavy atom. The molecule has 8 heteroatoms. The van der Waals surface area contributed by atoms with Gasteiger partial charge in [-0.25, -0.2) is 4.98 Å². The van der Waals surface area contributed by atoms with Gasteiger partial charge in [-0.1, -0.05) is 54.2 Å². The summed E-state index contributed by atoms with van der Waals surface area (Å²) in [5.74, 6) is 0.136. The molecule has 0 aliphatic carbocycles. The molecule has 1 amide bonds. The summed E-state index contributed by atoms with van der Waals surface area (Å²) in [4.78, 5) is 30.2. The van der Waals surface area contributed by atoms with Gasteiger partial charge in [0.2, 0.25) is 5.91 Å². The number of para-hydroxylation sites is 1. The SMILES string of the molecule is Cc1cc(C)n2c(S[C@H](C)C(=O)Nc3ccccc3C(=O)c3ccccc3)nnc2n1. The van der Waals surface area contributed by atoms with Crippen molar-refractivity contribution >= 4 is 34.9 Å². The summed E-state index contributed by atoms with van der Waals surface area (Å²) < 4.78 is 1.83. The third kappa shape index (κ3) is 4.34. The Balaban J connectivity index is 1.54. The smallest absolute Gasteiger partial charge is 0.256 e. The maximum atomic E-state index is 12.9. The van der Waals surface area contributed by atoms with Crippen LogP contribution in [0.4, 0.5) is 5.69 Å². The van der Waals surface area contributed by atoms with E-state index < -0.39 is 5.25 Å². The first-order valence-electron chi connectivity index (χ1n) is 9.79. The molecule has 31 heavy (non-hydrogen) atoms.